The first kappa shape index (κ1) is 25.8. The van der Waals surface area contributed by atoms with Gasteiger partial charge in [0.25, 0.3) is 11.8 Å². The normalized spacial score (nSPS) is 21.4. The maximum atomic E-state index is 13.1. The minimum Gasteiger partial charge on any atom is -0.373 e. The van der Waals surface area contributed by atoms with Crippen molar-refractivity contribution in [3.05, 3.63) is 45.8 Å². The molecule has 2 atom stereocenters. The van der Waals surface area contributed by atoms with Crippen molar-refractivity contribution in [2.24, 2.45) is 0 Å². The summed E-state index contributed by atoms with van der Waals surface area (Å²) in [5.41, 5.74) is 1.86. The number of ether oxygens (including phenoxy) is 1. The molecular formula is C24H32N4O5S2. The number of carbonyl (C=O) groups excluding carboxylic acids is 2. The van der Waals surface area contributed by atoms with Gasteiger partial charge in [0.05, 0.1) is 22.7 Å². The molecule has 11 heteroatoms. The summed E-state index contributed by atoms with van der Waals surface area (Å²) in [5.74, 6) is -0.528. The Hall–Kier alpha value is -2.31. The summed E-state index contributed by atoms with van der Waals surface area (Å²) in [7, 11) is 1.73. The molecule has 0 aliphatic carbocycles. The van der Waals surface area contributed by atoms with E-state index in [1.54, 1.807) is 14.1 Å². The lowest BCUT2D eigenvalue weighted by molar-refractivity contribution is -0.0440. The Morgan fingerprint density at radius 2 is 1.74 bits per heavy atom. The molecule has 2 aliphatic heterocycles. The summed E-state index contributed by atoms with van der Waals surface area (Å²) < 4.78 is 33.3. The molecule has 0 spiro atoms. The molecule has 2 unspecified atom stereocenters. The van der Waals surface area contributed by atoms with Gasteiger partial charge >= 0.3 is 0 Å². The highest BCUT2D eigenvalue weighted by Gasteiger charge is 2.32. The van der Waals surface area contributed by atoms with Crippen LogP contribution in [0.15, 0.2) is 29.2 Å². The van der Waals surface area contributed by atoms with Gasteiger partial charge in [0.2, 0.25) is 10.0 Å². The van der Waals surface area contributed by atoms with Crippen molar-refractivity contribution >= 4 is 38.2 Å². The average molecular weight is 521 g/mol. The van der Waals surface area contributed by atoms with Crippen molar-refractivity contribution in [2.45, 2.75) is 43.9 Å². The van der Waals surface area contributed by atoms with Gasteiger partial charge in [-0.3, -0.25) is 9.59 Å². The highest BCUT2D eigenvalue weighted by atomic mass is 32.2. The Kier molecular flexibility index (Phi) is 7.35. The molecule has 1 saturated heterocycles. The van der Waals surface area contributed by atoms with Gasteiger partial charge in [-0.2, -0.15) is 4.31 Å². The maximum Gasteiger partial charge on any atom is 0.256 e. The predicted octanol–water partition coefficient (Wildman–Crippen LogP) is 2.49. The number of benzene rings is 1. The summed E-state index contributed by atoms with van der Waals surface area (Å²) >= 11 is 1.43. The van der Waals surface area contributed by atoms with Crippen LogP contribution in [0.4, 0.5) is 5.00 Å². The molecule has 35 heavy (non-hydrogen) atoms. The van der Waals surface area contributed by atoms with Crippen LogP contribution < -0.4 is 5.32 Å². The van der Waals surface area contributed by atoms with E-state index in [0.29, 0.717) is 16.1 Å². The standard InChI is InChI=1S/C24H32N4O5S2/c1-15-12-28(13-16(2)33-15)35(31,32)18-8-6-17(7-9-18)22(29)25-23-21(24(30)26(3)4)19-10-11-27(5)14-20(19)34-23/h6-9,15-16H,10-14H2,1-5H3,(H,25,29). The molecule has 190 valence electrons. The molecule has 9 nitrogen and oxygen atoms in total. The lowest BCUT2D eigenvalue weighted by Crippen LogP contribution is -2.48. The van der Waals surface area contributed by atoms with Crippen molar-refractivity contribution in [3.63, 3.8) is 0 Å². The second kappa shape index (κ2) is 9.98. The minimum absolute atomic E-state index is 0.133. The molecule has 1 aromatic carbocycles. The van der Waals surface area contributed by atoms with Crippen LogP contribution in [0, 0.1) is 0 Å². The molecule has 3 heterocycles. The number of hydrogen-bond acceptors (Lipinski definition) is 7. The van der Waals surface area contributed by atoms with Gasteiger partial charge in [0, 0.05) is 50.7 Å². The number of fused-ring (bicyclic) bond motifs is 1. The molecule has 4 rings (SSSR count). The number of likely N-dealkylation sites (N-methyl/N-ethyl adjacent to an activating group) is 1. The van der Waals surface area contributed by atoms with E-state index in [0.717, 1.165) is 30.0 Å². The lowest BCUT2D eigenvalue weighted by atomic mass is 10.0. The summed E-state index contributed by atoms with van der Waals surface area (Å²) in [6, 6.07) is 5.92. The first-order chi connectivity index (χ1) is 16.5. The summed E-state index contributed by atoms with van der Waals surface area (Å²) in [6.07, 6.45) is 0.376. The number of amides is 2. The third kappa shape index (κ3) is 5.29. The quantitative estimate of drug-likeness (QED) is 0.650. The zero-order valence-corrected chi connectivity index (χ0v) is 22.3. The number of nitrogens with zero attached hydrogens (tertiary/aromatic N) is 3. The van der Waals surface area contributed by atoms with E-state index in [-0.39, 0.29) is 42.0 Å². The number of sulfonamides is 1. The SMILES string of the molecule is CC1CN(S(=O)(=O)c2ccc(C(=O)Nc3sc4c(c3C(=O)N(C)C)CCN(C)C4)cc2)CC(C)O1. The number of anilines is 1. The fourth-order valence-electron chi connectivity index (χ4n) is 4.50. The zero-order valence-electron chi connectivity index (χ0n) is 20.7. The molecule has 1 fully saturated rings. The highest BCUT2D eigenvalue weighted by Crippen LogP contribution is 2.37. The number of morpholine rings is 1. The van der Waals surface area contributed by atoms with Crippen LogP contribution in [0.1, 0.15) is 45.0 Å². The summed E-state index contributed by atoms with van der Waals surface area (Å²) in [5, 5.41) is 3.43. The fourth-order valence-corrected chi connectivity index (χ4v) is 7.40. The van der Waals surface area contributed by atoms with E-state index in [2.05, 4.69) is 10.2 Å². The predicted molar refractivity (Wildman–Crippen MR) is 136 cm³/mol. The average Bonchev–Trinajstić information content (AvgIpc) is 3.14. The van der Waals surface area contributed by atoms with Crippen LogP contribution in [0.5, 0.6) is 0 Å². The number of carbonyl (C=O) groups is 2. The maximum absolute atomic E-state index is 13.1. The number of hydrogen-bond donors (Lipinski definition) is 1. The Bertz CT molecular complexity index is 1210. The van der Waals surface area contributed by atoms with Crippen LogP contribution in [0.3, 0.4) is 0 Å². The van der Waals surface area contributed by atoms with E-state index < -0.39 is 10.0 Å². The summed E-state index contributed by atoms with van der Waals surface area (Å²) in [6.45, 7) is 5.85. The third-order valence-electron chi connectivity index (χ3n) is 6.24. The van der Waals surface area contributed by atoms with Crippen LogP contribution >= 0.6 is 11.3 Å². The van der Waals surface area contributed by atoms with Gasteiger partial charge in [-0.25, -0.2) is 8.42 Å². The van der Waals surface area contributed by atoms with Gasteiger partial charge < -0.3 is 19.9 Å². The van der Waals surface area contributed by atoms with Crippen LogP contribution in [0.2, 0.25) is 0 Å². The van der Waals surface area contributed by atoms with Gasteiger partial charge in [-0.1, -0.05) is 0 Å². The van der Waals surface area contributed by atoms with Gasteiger partial charge in [-0.15, -0.1) is 11.3 Å². The monoisotopic (exact) mass is 520 g/mol. The van der Waals surface area contributed by atoms with Crippen LogP contribution in [-0.4, -0.2) is 87.3 Å². The number of thiophene rings is 1. The van der Waals surface area contributed by atoms with Gasteiger partial charge in [0.1, 0.15) is 5.00 Å². The molecule has 1 N–H and O–H groups in total. The second-order valence-electron chi connectivity index (χ2n) is 9.45. The smallest absolute Gasteiger partial charge is 0.256 e. The van der Waals surface area contributed by atoms with E-state index >= 15 is 0 Å². The third-order valence-corrected chi connectivity index (χ3v) is 9.21. The topological polar surface area (TPSA) is 99.3 Å². The number of rotatable bonds is 5. The van der Waals surface area contributed by atoms with Crippen molar-refractivity contribution < 1.29 is 22.7 Å². The number of nitrogens with one attached hydrogen (secondary N) is 1. The molecule has 2 aliphatic rings. The van der Waals surface area contributed by atoms with E-state index in [4.69, 9.17) is 4.74 Å². The highest BCUT2D eigenvalue weighted by molar-refractivity contribution is 7.89. The van der Waals surface area contributed by atoms with Gasteiger partial charge in [0.15, 0.2) is 0 Å². The fraction of sp³-hybridized carbons (Fsp3) is 0.500. The van der Waals surface area contributed by atoms with E-state index in [1.807, 2.05) is 20.9 Å². The van der Waals surface area contributed by atoms with Gasteiger partial charge in [-0.05, 0) is 57.1 Å². The Morgan fingerprint density at radius 1 is 1.11 bits per heavy atom. The second-order valence-corrected chi connectivity index (χ2v) is 12.5. The molecule has 0 radical (unpaired) electrons. The Morgan fingerprint density at radius 3 is 2.34 bits per heavy atom. The van der Waals surface area contributed by atoms with E-state index in [1.165, 1.54) is 44.8 Å². The Labute approximate surface area is 210 Å². The molecule has 0 saturated carbocycles. The molecule has 2 aromatic rings. The minimum atomic E-state index is -3.70. The van der Waals surface area contributed by atoms with E-state index in [9.17, 15) is 18.0 Å². The summed E-state index contributed by atoms with van der Waals surface area (Å²) in [4.78, 5) is 30.9. The van der Waals surface area contributed by atoms with Crippen LogP contribution in [-0.2, 0) is 27.7 Å². The molecule has 2 amide bonds. The van der Waals surface area contributed by atoms with Crippen molar-refractivity contribution in [2.75, 3.05) is 46.1 Å². The van der Waals surface area contributed by atoms with Crippen molar-refractivity contribution in [1.29, 1.82) is 0 Å². The zero-order chi connectivity index (χ0) is 25.5. The Balaban J connectivity index is 1.56. The largest absolute Gasteiger partial charge is 0.373 e. The van der Waals surface area contributed by atoms with Crippen LogP contribution in [0.25, 0.3) is 0 Å². The molecular weight excluding hydrogens is 488 g/mol. The molecule has 1 aromatic heterocycles. The van der Waals surface area contributed by atoms with Crippen molar-refractivity contribution in [3.8, 4) is 0 Å². The first-order valence-electron chi connectivity index (χ1n) is 11.6. The first-order valence-corrected chi connectivity index (χ1v) is 13.8. The molecule has 0 bridgehead atoms. The lowest BCUT2D eigenvalue weighted by Gasteiger charge is -2.34. The van der Waals surface area contributed by atoms with Crippen molar-refractivity contribution in [1.82, 2.24) is 14.1 Å².